The van der Waals surface area contributed by atoms with E-state index in [1.54, 1.807) is 0 Å². The zero-order valence-electron chi connectivity index (χ0n) is 20.9. The molecule has 3 rings (SSSR count). The predicted molar refractivity (Wildman–Crippen MR) is 129 cm³/mol. The normalized spacial score (nSPS) is 35.8. The molecule has 2 fully saturated rings. The summed E-state index contributed by atoms with van der Waals surface area (Å²) in [5.41, 5.74) is 12.5. The number of ether oxygens (including phenoxy) is 2. The minimum Gasteiger partial charge on any atom is -0.480 e. The molecule has 5 nitrogen and oxygen atoms in total. The van der Waals surface area contributed by atoms with E-state index in [0.29, 0.717) is 12.8 Å². The van der Waals surface area contributed by atoms with Crippen molar-refractivity contribution in [2.75, 3.05) is 0 Å². The van der Waals surface area contributed by atoms with Crippen LogP contribution in [0.25, 0.3) is 0 Å². The maximum atomic E-state index is 13.2. The van der Waals surface area contributed by atoms with Crippen molar-refractivity contribution in [2.24, 2.45) is 17.4 Å². The quantitative estimate of drug-likeness (QED) is 0.273. The van der Waals surface area contributed by atoms with Crippen LogP contribution in [0.4, 0.5) is 13.2 Å². The Labute approximate surface area is 203 Å². The van der Waals surface area contributed by atoms with Gasteiger partial charge in [0.25, 0.3) is 0 Å². The van der Waals surface area contributed by atoms with Crippen molar-refractivity contribution >= 4 is 0 Å². The molecule has 0 amide bonds. The Bertz CT molecular complexity index is 645. The fourth-order valence-electron chi connectivity index (χ4n) is 5.76. The smallest absolute Gasteiger partial charge is 0.389 e. The molecule has 1 aliphatic heterocycles. The number of rotatable bonds is 9. The molecule has 34 heavy (non-hydrogen) atoms. The van der Waals surface area contributed by atoms with E-state index < -0.39 is 31.0 Å². The molecule has 2 aliphatic carbocycles. The highest BCUT2D eigenvalue weighted by Gasteiger charge is 2.39. The van der Waals surface area contributed by atoms with Crippen LogP contribution in [0.5, 0.6) is 0 Å². The average Bonchev–Trinajstić information content (AvgIpc) is 3.05. The molecular formula is C26H46F3N3O2. The first kappa shape index (κ1) is 27.8. The molecule has 1 saturated carbocycles. The molecular weight excluding hydrogens is 443 g/mol. The lowest BCUT2D eigenvalue weighted by atomic mass is 9.86. The summed E-state index contributed by atoms with van der Waals surface area (Å²) in [6.07, 6.45) is 9.46. The molecule has 0 aromatic heterocycles. The van der Waals surface area contributed by atoms with E-state index in [9.17, 15) is 13.2 Å². The molecule has 6 atom stereocenters. The number of nitrogens with one attached hydrogen (secondary N) is 1. The Kier molecular flexibility index (Phi) is 10.6. The fraction of sp³-hybridized carbons (Fsp3) is 0.923. The number of alkyl halides is 3. The zero-order chi connectivity index (χ0) is 24.6. The highest BCUT2D eigenvalue weighted by Crippen LogP contribution is 2.36. The van der Waals surface area contributed by atoms with Gasteiger partial charge in [-0.2, -0.15) is 13.2 Å². The third kappa shape index (κ3) is 9.67. The average molecular weight is 490 g/mol. The van der Waals surface area contributed by atoms with E-state index in [2.05, 4.69) is 18.3 Å². The first-order valence-corrected chi connectivity index (χ1v) is 13.5. The highest BCUT2D eigenvalue weighted by molar-refractivity contribution is 5.04. The topological polar surface area (TPSA) is 82.5 Å². The van der Waals surface area contributed by atoms with Gasteiger partial charge in [-0.05, 0) is 76.2 Å². The van der Waals surface area contributed by atoms with E-state index in [4.69, 9.17) is 20.9 Å². The van der Waals surface area contributed by atoms with Crippen molar-refractivity contribution in [2.45, 2.75) is 146 Å². The van der Waals surface area contributed by atoms with Crippen LogP contribution in [-0.2, 0) is 9.47 Å². The fourth-order valence-corrected chi connectivity index (χ4v) is 5.76. The minimum atomic E-state index is -4.19. The first-order valence-electron chi connectivity index (χ1n) is 13.5. The molecule has 0 radical (unpaired) electrons. The molecule has 1 heterocycles. The second kappa shape index (κ2) is 12.9. The zero-order valence-corrected chi connectivity index (χ0v) is 20.9. The van der Waals surface area contributed by atoms with E-state index in [-0.39, 0.29) is 17.7 Å². The summed E-state index contributed by atoms with van der Waals surface area (Å²) in [6.45, 7) is 2.19. The van der Waals surface area contributed by atoms with Gasteiger partial charge in [0.1, 0.15) is 6.23 Å². The van der Waals surface area contributed by atoms with Crippen LogP contribution in [-0.4, -0.2) is 36.3 Å². The molecule has 0 bridgehead atoms. The molecule has 1 saturated heterocycles. The summed E-state index contributed by atoms with van der Waals surface area (Å²) >= 11 is 0. The number of nitrogens with two attached hydrogens (primary N) is 2. The number of hydrogen-bond acceptors (Lipinski definition) is 5. The summed E-state index contributed by atoms with van der Waals surface area (Å²) < 4.78 is 52.2. The van der Waals surface area contributed by atoms with E-state index in [1.165, 1.54) is 12.8 Å². The van der Waals surface area contributed by atoms with E-state index in [1.807, 2.05) is 0 Å². The number of piperidine rings is 1. The maximum absolute atomic E-state index is 13.2. The van der Waals surface area contributed by atoms with Gasteiger partial charge < -0.3 is 20.9 Å². The number of unbranched alkanes of at least 4 members (excludes halogenated alkanes) is 2. The molecule has 0 spiro atoms. The molecule has 0 aromatic rings. The molecule has 0 aromatic carbocycles. The highest BCUT2D eigenvalue weighted by atomic mass is 19.4. The Morgan fingerprint density at radius 3 is 2.65 bits per heavy atom. The molecule has 3 aliphatic rings. The van der Waals surface area contributed by atoms with Gasteiger partial charge in [0.2, 0.25) is 0 Å². The third-order valence-electron chi connectivity index (χ3n) is 7.71. The Morgan fingerprint density at radius 2 is 1.88 bits per heavy atom. The number of hydrogen-bond donors (Lipinski definition) is 3. The van der Waals surface area contributed by atoms with Crippen LogP contribution in [0.2, 0.25) is 0 Å². The summed E-state index contributed by atoms with van der Waals surface area (Å²) in [4.78, 5) is 0. The molecule has 5 N–H and O–H groups in total. The van der Waals surface area contributed by atoms with Crippen molar-refractivity contribution in [3.05, 3.63) is 11.8 Å². The van der Waals surface area contributed by atoms with Crippen LogP contribution in [0.3, 0.4) is 0 Å². The minimum absolute atomic E-state index is 0.0365. The van der Waals surface area contributed by atoms with Crippen LogP contribution in [0.1, 0.15) is 110 Å². The number of halogens is 3. The van der Waals surface area contributed by atoms with Gasteiger partial charge in [-0.1, -0.05) is 26.2 Å². The second-order valence-electron chi connectivity index (χ2n) is 11.0. The van der Waals surface area contributed by atoms with Gasteiger partial charge in [-0.25, -0.2) is 0 Å². The lowest BCUT2D eigenvalue weighted by Crippen LogP contribution is -2.50. The largest absolute Gasteiger partial charge is 0.480 e. The standard InChI is InChI=1S/C26H46F3N3O2/c1-2-3-4-13-25(31)14-6-9-22(12-15-25)34-24-17-19(18-26(27,28)29)16-23(32-24)33-21-8-5-7-20(30)10-11-21/h12,19-21,23-24,32H,2-11,13-18,30-31H2,1H3. The summed E-state index contributed by atoms with van der Waals surface area (Å²) in [5.74, 6) is 0.338. The van der Waals surface area contributed by atoms with Gasteiger partial charge in [0, 0.05) is 30.8 Å². The van der Waals surface area contributed by atoms with Crippen LogP contribution < -0.4 is 16.8 Å². The van der Waals surface area contributed by atoms with Crippen molar-refractivity contribution < 1.29 is 22.6 Å². The molecule has 198 valence electrons. The lowest BCUT2D eigenvalue weighted by molar-refractivity contribution is -0.163. The van der Waals surface area contributed by atoms with E-state index in [0.717, 1.165) is 76.4 Å². The summed E-state index contributed by atoms with van der Waals surface area (Å²) in [6, 6.07) is 0.195. The molecule has 8 heteroatoms. The Hall–Kier alpha value is -0.830. The van der Waals surface area contributed by atoms with Gasteiger partial charge in [-0.3, -0.25) is 5.32 Å². The van der Waals surface area contributed by atoms with Crippen molar-refractivity contribution in [1.82, 2.24) is 5.32 Å². The lowest BCUT2D eigenvalue weighted by Gasteiger charge is -2.38. The van der Waals surface area contributed by atoms with Crippen molar-refractivity contribution in [3.63, 3.8) is 0 Å². The van der Waals surface area contributed by atoms with Gasteiger partial charge in [0.15, 0.2) is 6.23 Å². The number of allylic oxidation sites excluding steroid dienone is 1. The molecule has 6 unspecified atom stereocenters. The van der Waals surface area contributed by atoms with Crippen LogP contribution in [0.15, 0.2) is 11.8 Å². The van der Waals surface area contributed by atoms with Gasteiger partial charge in [-0.15, -0.1) is 0 Å². The Balaban J connectivity index is 1.60. The predicted octanol–water partition coefficient (Wildman–Crippen LogP) is 6.02. The van der Waals surface area contributed by atoms with Gasteiger partial charge >= 0.3 is 6.18 Å². The van der Waals surface area contributed by atoms with Crippen LogP contribution >= 0.6 is 0 Å². The van der Waals surface area contributed by atoms with Crippen LogP contribution in [0, 0.1) is 5.92 Å². The van der Waals surface area contributed by atoms with Gasteiger partial charge in [0.05, 0.1) is 11.9 Å². The monoisotopic (exact) mass is 489 g/mol. The van der Waals surface area contributed by atoms with E-state index >= 15 is 0 Å². The van der Waals surface area contributed by atoms with Crippen molar-refractivity contribution in [1.29, 1.82) is 0 Å². The SMILES string of the molecule is CCCCCC1(N)CC=C(OC2CC(CC(F)(F)F)CC(OC3CCCC(N)CC3)N2)CCC1. The maximum Gasteiger partial charge on any atom is 0.389 e. The summed E-state index contributed by atoms with van der Waals surface area (Å²) in [7, 11) is 0. The second-order valence-corrected chi connectivity index (χ2v) is 11.0. The Morgan fingerprint density at radius 1 is 1.09 bits per heavy atom. The third-order valence-corrected chi connectivity index (χ3v) is 7.71. The summed E-state index contributed by atoms with van der Waals surface area (Å²) in [5, 5.41) is 3.36. The first-order chi connectivity index (χ1) is 16.1. The van der Waals surface area contributed by atoms with Crippen molar-refractivity contribution in [3.8, 4) is 0 Å².